The number of nitro groups is 1. The van der Waals surface area contributed by atoms with Crippen molar-refractivity contribution in [1.82, 2.24) is 5.32 Å². The maximum absolute atomic E-state index is 12.6. The summed E-state index contributed by atoms with van der Waals surface area (Å²) in [6.07, 6.45) is 0. The van der Waals surface area contributed by atoms with Crippen molar-refractivity contribution < 1.29 is 24.0 Å². The number of hydrogen-bond acceptors (Lipinski definition) is 6. The molecule has 0 saturated heterocycles. The third-order valence-electron chi connectivity index (χ3n) is 4.73. The molecule has 0 aromatic heterocycles. The number of benzene rings is 3. The van der Waals surface area contributed by atoms with Crippen molar-refractivity contribution in [3.8, 4) is 0 Å². The summed E-state index contributed by atoms with van der Waals surface area (Å²) >= 11 is 5.91. The number of ether oxygens (including phenoxy) is 1. The Morgan fingerprint density at radius 3 is 2.41 bits per heavy atom. The van der Waals surface area contributed by atoms with E-state index in [1.54, 1.807) is 18.2 Å². The Morgan fingerprint density at radius 1 is 1.00 bits per heavy atom. The molecule has 0 aliphatic carbocycles. The highest BCUT2D eigenvalue weighted by atomic mass is 35.5. The third-order valence-corrected chi connectivity index (χ3v) is 5.06. The molecular formula is C24H20ClN3O6. The molecule has 0 aliphatic rings. The number of para-hydroxylation sites is 1. The lowest BCUT2D eigenvalue weighted by atomic mass is 10.1. The van der Waals surface area contributed by atoms with Crippen LogP contribution in [0.1, 0.15) is 31.8 Å². The summed E-state index contributed by atoms with van der Waals surface area (Å²) in [6.45, 7) is 1.59. The maximum atomic E-state index is 12.6. The predicted octanol–water partition coefficient (Wildman–Crippen LogP) is 4.28. The first-order valence-electron chi connectivity index (χ1n) is 10.1. The molecule has 0 atom stereocenters. The van der Waals surface area contributed by atoms with Crippen LogP contribution in [0.5, 0.6) is 0 Å². The van der Waals surface area contributed by atoms with E-state index in [1.807, 2.05) is 31.2 Å². The molecule has 0 aliphatic heterocycles. The largest absolute Gasteiger partial charge is 0.452 e. The van der Waals surface area contributed by atoms with Gasteiger partial charge in [0.05, 0.1) is 26.8 Å². The predicted molar refractivity (Wildman–Crippen MR) is 126 cm³/mol. The molecule has 0 heterocycles. The molecule has 0 spiro atoms. The second-order valence-corrected chi connectivity index (χ2v) is 7.67. The van der Waals surface area contributed by atoms with Crippen molar-refractivity contribution in [1.29, 1.82) is 0 Å². The Morgan fingerprint density at radius 2 is 1.71 bits per heavy atom. The van der Waals surface area contributed by atoms with Gasteiger partial charge in [0.25, 0.3) is 17.5 Å². The summed E-state index contributed by atoms with van der Waals surface area (Å²) in [5.41, 5.74) is 1.92. The molecule has 10 heteroatoms. The van der Waals surface area contributed by atoms with Crippen molar-refractivity contribution >= 4 is 40.8 Å². The lowest BCUT2D eigenvalue weighted by Crippen LogP contribution is -2.26. The average Bonchev–Trinajstić information content (AvgIpc) is 2.82. The molecule has 3 aromatic rings. The number of anilines is 1. The fraction of sp³-hybridized carbons (Fsp3) is 0.125. The highest BCUT2D eigenvalue weighted by Crippen LogP contribution is 2.23. The first kappa shape index (κ1) is 24.4. The highest BCUT2D eigenvalue weighted by molar-refractivity contribution is 6.33. The van der Waals surface area contributed by atoms with Gasteiger partial charge in [-0.25, -0.2) is 4.79 Å². The Balaban J connectivity index is 1.60. The quantitative estimate of drug-likeness (QED) is 0.281. The Hall–Kier alpha value is -4.24. The second kappa shape index (κ2) is 11.1. The van der Waals surface area contributed by atoms with E-state index in [-0.39, 0.29) is 27.5 Å². The van der Waals surface area contributed by atoms with E-state index < -0.39 is 29.3 Å². The van der Waals surface area contributed by atoms with Crippen LogP contribution in [0.25, 0.3) is 0 Å². The summed E-state index contributed by atoms with van der Waals surface area (Å²) in [6, 6.07) is 17.4. The van der Waals surface area contributed by atoms with E-state index >= 15 is 0 Å². The van der Waals surface area contributed by atoms with E-state index in [1.165, 1.54) is 12.1 Å². The number of halogens is 1. The SMILES string of the molecule is Cc1ccc(CNC(=O)c2ccccc2NC(=O)COC(=O)c2cc([N+](=O)[O-])ccc2Cl)cc1. The van der Waals surface area contributed by atoms with Crippen LogP contribution in [0.3, 0.4) is 0 Å². The first-order valence-corrected chi connectivity index (χ1v) is 10.5. The average molecular weight is 482 g/mol. The summed E-state index contributed by atoms with van der Waals surface area (Å²) in [4.78, 5) is 47.4. The van der Waals surface area contributed by atoms with Crippen LogP contribution in [0, 0.1) is 17.0 Å². The number of nitrogens with one attached hydrogen (secondary N) is 2. The van der Waals surface area contributed by atoms with Gasteiger partial charge in [-0.3, -0.25) is 19.7 Å². The molecule has 0 unspecified atom stereocenters. The number of nitro benzene ring substituents is 1. The van der Waals surface area contributed by atoms with Crippen molar-refractivity contribution in [2.75, 3.05) is 11.9 Å². The van der Waals surface area contributed by atoms with Gasteiger partial charge in [-0.15, -0.1) is 0 Å². The zero-order chi connectivity index (χ0) is 24.7. The molecule has 0 radical (unpaired) electrons. The first-order chi connectivity index (χ1) is 16.2. The molecule has 3 aromatic carbocycles. The van der Waals surface area contributed by atoms with Gasteiger partial charge in [0.2, 0.25) is 0 Å². The van der Waals surface area contributed by atoms with Crippen LogP contribution < -0.4 is 10.6 Å². The van der Waals surface area contributed by atoms with Gasteiger partial charge in [0.1, 0.15) is 0 Å². The number of non-ortho nitro benzene ring substituents is 1. The lowest BCUT2D eigenvalue weighted by Gasteiger charge is -2.12. The molecule has 2 N–H and O–H groups in total. The van der Waals surface area contributed by atoms with Gasteiger partial charge in [0.15, 0.2) is 6.61 Å². The van der Waals surface area contributed by atoms with Crippen molar-refractivity contribution in [2.45, 2.75) is 13.5 Å². The molecule has 0 bridgehead atoms. The number of carbonyl (C=O) groups is 3. The summed E-state index contributed by atoms with van der Waals surface area (Å²) in [7, 11) is 0. The van der Waals surface area contributed by atoms with Crippen LogP contribution in [-0.2, 0) is 16.1 Å². The number of esters is 1. The molecular weight excluding hydrogens is 462 g/mol. The van der Waals surface area contributed by atoms with Crippen LogP contribution >= 0.6 is 11.6 Å². The Kier molecular flexibility index (Phi) is 7.94. The van der Waals surface area contributed by atoms with E-state index in [0.29, 0.717) is 6.54 Å². The molecule has 34 heavy (non-hydrogen) atoms. The van der Waals surface area contributed by atoms with Crippen molar-refractivity contribution in [2.24, 2.45) is 0 Å². The number of nitrogens with zero attached hydrogens (tertiary/aromatic N) is 1. The second-order valence-electron chi connectivity index (χ2n) is 7.26. The molecule has 0 fully saturated rings. The number of rotatable bonds is 8. The molecule has 9 nitrogen and oxygen atoms in total. The molecule has 174 valence electrons. The topological polar surface area (TPSA) is 128 Å². The van der Waals surface area contributed by atoms with Crippen molar-refractivity contribution in [3.05, 3.63) is 104 Å². The minimum atomic E-state index is -0.993. The normalized spacial score (nSPS) is 10.3. The van der Waals surface area contributed by atoms with Crippen LogP contribution in [-0.4, -0.2) is 29.3 Å². The van der Waals surface area contributed by atoms with Gasteiger partial charge >= 0.3 is 5.97 Å². The smallest absolute Gasteiger partial charge is 0.340 e. The van der Waals surface area contributed by atoms with Crippen molar-refractivity contribution in [3.63, 3.8) is 0 Å². The summed E-state index contributed by atoms with van der Waals surface area (Å²) in [5.74, 6) is -2.08. The Bertz CT molecular complexity index is 1240. The van der Waals surface area contributed by atoms with Gasteiger partial charge in [-0.05, 0) is 30.7 Å². The summed E-state index contributed by atoms with van der Waals surface area (Å²) in [5, 5.41) is 16.2. The maximum Gasteiger partial charge on any atom is 0.340 e. The molecule has 2 amide bonds. The van der Waals surface area contributed by atoms with E-state index in [4.69, 9.17) is 16.3 Å². The standard InChI is InChI=1S/C24H20ClN3O6/c1-15-6-8-16(9-7-15)13-26-23(30)18-4-2-3-5-21(18)27-22(29)14-34-24(31)19-12-17(28(32)33)10-11-20(19)25/h2-12H,13-14H2,1H3,(H,26,30)(H,27,29). The zero-order valence-corrected chi connectivity index (χ0v) is 18.8. The number of aryl methyl sites for hydroxylation is 1. The summed E-state index contributed by atoms with van der Waals surface area (Å²) < 4.78 is 4.93. The van der Waals surface area contributed by atoms with E-state index in [0.717, 1.165) is 23.3 Å². The van der Waals surface area contributed by atoms with E-state index in [9.17, 15) is 24.5 Å². The Labute approximate surface area is 199 Å². The van der Waals surface area contributed by atoms with Gasteiger partial charge in [0, 0.05) is 18.7 Å². The zero-order valence-electron chi connectivity index (χ0n) is 18.0. The molecule has 3 rings (SSSR count). The molecule has 0 saturated carbocycles. The number of carbonyl (C=O) groups excluding carboxylic acids is 3. The van der Waals surface area contributed by atoms with Crippen LogP contribution in [0.4, 0.5) is 11.4 Å². The fourth-order valence-electron chi connectivity index (χ4n) is 2.95. The fourth-order valence-corrected chi connectivity index (χ4v) is 3.15. The highest BCUT2D eigenvalue weighted by Gasteiger charge is 2.19. The minimum absolute atomic E-state index is 0.0494. The van der Waals surface area contributed by atoms with Gasteiger partial charge in [-0.2, -0.15) is 0 Å². The number of hydrogen-bond donors (Lipinski definition) is 2. The third kappa shape index (κ3) is 6.39. The van der Waals surface area contributed by atoms with Crippen LogP contribution in [0.15, 0.2) is 66.7 Å². The van der Waals surface area contributed by atoms with Gasteiger partial charge in [-0.1, -0.05) is 53.6 Å². The van der Waals surface area contributed by atoms with Crippen LogP contribution in [0.2, 0.25) is 5.02 Å². The minimum Gasteiger partial charge on any atom is -0.452 e. The van der Waals surface area contributed by atoms with E-state index in [2.05, 4.69) is 10.6 Å². The van der Waals surface area contributed by atoms with Gasteiger partial charge < -0.3 is 15.4 Å². The monoisotopic (exact) mass is 481 g/mol. The number of amides is 2. The lowest BCUT2D eigenvalue weighted by molar-refractivity contribution is -0.384.